The molecular formula is C23H17BrN4OS. The minimum atomic E-state index is 0.550. The Bertz CT molecular complexity index is 1320. The zero-order chi connectivity index (χ0) is 20.7. The molecule has 5 aromatic rings. The predicted octanol–water partition coefficient (Wildman–Crippen LogP) is 6.70. The highest BCUT2D eigenvalue weighted by Gasteiger charge is 2.22. The van der Waals surface area contributed by atoms with E-state index < -0.39 is 0 Å². The Kier molecular flexibility index (Phi) is 4.84. The summed E-state index contributed by atoms with van der Waals surface area (Å²) in [5, 5.41) is 7.44. The van der Waals surface area contributed by atoms with Gasteiger partial charge in [0.15, 0.2) is 5.69 Å². The van der Waals surface area contributed by atoms with Gasteiger partial charge in [0.2, 0.25) is 5.89 Å². The Morgan fingerprint density at radius 2 is 1.70 bits per heavy atom. The summed E-state index contributed by atoms with van der Waals surface area (Å²) in [7, 11) is 0. The maximum absolute atomic E-state index is 6.22. The molecule has 30 heavy (non-hydrogen) atoms. The first kappa shape index (κ1) is 19.0. The van der Waals surface area contributed by atoms with Gasteiger partial charge < -0.3 is 4.42 Å². The zero-order valence-electron chi connectivity index (χ0n) is 16.3. The van der Waals surface area contributed by atoms with E-state index in [0.717, 1.165) is 37.7 Å². The number of aryl methyl sites for hydroxylation is 2. The number of aromatic nitrogens is 4. The summed E-state index contributed by atoms with van der Waals surface area (Å²) in [5.74, 6) is 1.13. The van der Waals surface area contributed by atoms with Crippen molar-refractivity contribution in [2.24, 2.45) is 0 Å². The standard InChI is InChI=1S/C23H17BrN4OS/c1-14-12-15(2)28(27-14)23-20(26-21(29-23)17-6-4-3-5-7-17)22-25-19(13-30-22)16-8-10-18(24)11-9-16/h3-13H,1-2H3. The normalized spacial score (nSPS) is 11.2. The highest BCUT2D eigenvalue weighted by Crippen LogP contribution is 2.35. The summed E-state index contributed by atoms with van der Waals surface area (Å²) >= 11 is 5.02. The highest BCUT2D eigenvalue weighted by molar-refractivity contribution is 9.10. The monoisotopic (exact) mass is 476 g/mol. The Morgan fingerprint density at radius 3 is 2.40 bits per heavy atom. The number of hydrogen-bond donors (Lipinski definition) is 0. The third kappa shape index (κ3) is 3.51. The molecule has 0 aliphatic heterocycles. The van der Waals surface area contributed by atoms with Crippen molar-refractivity contribution in [1.29, 1.82) is 0 Å². The number of benzene rings is 2. The van der Waals surface area contributed by atoms with Crippen LogP contribution in [-0.2, 0) is 0 Å². The maximum Gasteiger partial charge on any atom is 0.251 e. The second-order valence-electron chi connectivity index (χ2n) is 6.92. The van der Waals surface area contributed by atoms with E-state index >= 15 is 0 Å². The third-order valence-electron chi connectivity index (χ3n) is 4.68. The van der Waals surface area contributed by atoms with E-state index in [0.29, 0.717) is 17.5 Å². The largest absolute Gasteiger partial charge is 0.417 e. The quantitative estimate of drug-likeness (QED) is 0.289. The highest BCUT2D eigenvalue weighted by atomic mass is 79.9. The molecule has 2 aromatic carbocycles. The molecule has 0 saturated heterocycles. The summed E-state index contributed by atoms with van der Waals surface area (Å²) in [6.07, 6.45) is 0. The van der Waals surface area contributed by atoms with Crippen LogP contribution in [0.4, 0.5) is 0 Å². The molecule has 0 saturated carbocycles. The lowest BCUT2D eigenvalue weighted by atomic mass is 10.2. The molecule has 5 nitrogen and oxygen atoms in total. The zero-order valence-corrected chi connectivity index (χ0v) is 18.7. The number of hydrogen-bond acceptors (Lipinski definition) is 5. The van der Waals surface area contributed by atoms with Crippen LogP contribution in [0.25, 0.3) is 39.3 Å². The molecular weight excluding hydrogens is 460 g/mol. The molecule has 0 amide bonds. The summed E-state index contributed by atoms with van der Waals surface area (Å²) in [6, 6.07) is 20.0. The van der Waals surface area contributed by atoms with Gasteiger partial charge in [0.05, 0.1) is 11.4 Å². The lowest BCUT2D eigenvalue weighted by molar-refractivity contribution is 0.526. The molecule has 3 heterocycles. The smallest absolute Gasteiger partial charge is 0.251 e. The average Bonchev–Trinajstić information content (AvgIpc) is 3.47. The van der Waals surface area contributed by atoms with E-state index in [4.69, 9.17) is 14.4 Å². The van der Waals surface area contributed by atoms with Crippen LogP contribution >= 0.6 is 27.3 Å². The predicted molar refractivity (Wildman–Crippen MR) is 123 cm³/mol. The van der Waals surface area contributed by atoms with Crippen LogP contribution in [0.1, 0.15) is 11.4 Å². The molecule has 3 aromatic heterocycles. The van der Waals surface area contributed by atoms with Gasteiger partial charge in [-0.05, 0) is 44.2 Å². The van der Waals surface area contributed by atoms with Crippen molar-refractivity contribution >= 4 is 27.3 Å². The number of nitrogens with zero attached hydrogens (tertiary/aromatic N) is 4. The van der Waals surface area contributed by atoms with Crippen LogP contribution < -0.4 is 0 Å². The van der Waals surface area contributed by atoms with Crippen molar-refractivity contribution in [3.05, 3.63) is 81.9 Å². The van der Waals surface area contributed by atoms with Crippen LogP contribution in [0.3, 0.4) is 0 Å². The molecule has 148 valence electrons. The van der Waals surface area contributed by atoms with Crippen molar-refractivity contribution in [1.82, 2.24) is 19.7 Å². The SMILES string of the molecule is Cc1cc(C)n(-c2oc(-c3ccccc3)nc2-c2nc(-c3ccc(Br)cc3)cs2)n1. The number of halogens is 1. The van der Waals surface area contributed by atoms with Gasteiger partial charge in [0.1, 0.15) is 5.01 Å². The fraction of sp³-hybridized carbons (Fsp3) is 0.0870. The molecule has 0 atom stereocenters. The minimum absolute atomic E-state index is 0.550. The first-order valence-electron chi connectivity index (χ1n) is 9.40. The van der Waals surface area contributed by atoms with Crippen LogP contribution in [-0.4, -0.2) is 19.7 Å². The number of oxazole rings is 1. The van der Waals surface area contributed by atoms with Gasteiger partial charge in [-0.1, -0.05) is 46.3 Å². The van der Waals surface area contributed by atoms with E-state index in [1.165, 1.54) is 0 Å². The van der Waals surface area contributed by atoms with Crippen LogP contribution in [0.15, 0.2) is 74.9 Å². The van der Waals surface area contributed by atoms with Crippen LogP contribution in [0, 0.1) is 13.8 Å². The second kappa shape index (κ2) is 7.66. The summed E-state index contributed by atoms with van der Waals surface area (Å²) < 4.78 is 9.05. The third-order valence-corrected chi connectivity index (χ3v) is 6.06. The van der Waals surface area contributed by atoms with Crippen molar-refractivity contribution in [3.63, 3.8) is 0 Å². The van der Waals surface area contributed by atoms with Crippen molar-refractivity contribution in [2.45, 2.75) is 13.8 Å². The Morgan fingerprint density at radius 1 is 0.933 bits per heavy atom. The molecule has 0 bridgehead atoms. The van der Waals surface area contributed by atoms with Crippen LogP contribution in [0.5, 0.6) is 0 Å². The molecule has 0 N–H and O–H groups in total. The van der Waals surface area contributed by atoms with E-state index in [9.17, 15) is 0 Å². The maximum atomic E-state index is 6.22. The first-order chi connectivity index (χ1) is 14.6. The molecule has 7 heteroatoms. The minimum Gasteiger partial charge on any atom is -0.417 e. The van der Waals surface area contributed by atoms with E-state index in [-0.39, 0.29) is 0 Å². The van der Waals surface area contributed by atoms with Gasteiger partial charge in [0, 0.05) is 26.7 Å². The van der Waals surface area contributed by atoms with Gasteiger partial charge >= 0.3 is 0 Å². The molecule has 0 aliphatic rings. The summed E-state index contributed by atoms with van der Waals surface area (Å²) in [6.45, 7) is 3.97. The van der Waals surface area contributed by atoms with E-state index in [1.54, 1.807) is 16.0 Å². The fourth-order valence-corrected chi connectivity index (χ4v) is 4.34. The molecule has 0 aliphatic carbocycles. The van der Waals surface area contributed by atoms with Gasteiger partial charge in [-0.15, -0.1) is 11.3 Å². The fourth-order valence-electron chi connectivity index (χ4n) is 3.27. The van der Waals surface area contributed by atoms with Gasteiger partial charge in [-0.2, -0.15) is 5.10 Å². The Labute approximate surface area is 186 Å². The molecule has 0 unspecified atom stereocenters. The van der Waals surface area contributed by atoms with Crippen molar-refractivity contribution in [2.75, 3.05) is 0 Å². The van der Waals surface area contributed by atoms with Crippen LogP contribution in [0.2, 0.25) is 0 Å². The topological polar surface area (TPSA) is 56.7 Å². The average molecular weight is 477 g/mol. The second-order valence-corrected chi connectivity index (χ2v) is 8.70. The first-order valence-corrected chi connectivity index (χ1v) is 11.1. The molecule has 0 spiro atoms. The number of thiazole rings is 1. The summed E-state index contributed by atoms with van der Waals surface area (Å²) in [5.41, 5.74) is 5.47. The van der Waals surface area contributed by atoms with Crippen molar-refractivity contribution < 1.29 is 4.42 Å². The summed E-state index contributed by atoms with van der Waals surface area (Å²) in [4.78, 5) is 9.66. The van der Waals surface area contributed by atoms with Crippen molar-refractivity contribution in [3.8, 4) is 39.3 Å². The lowest BCUT2D eigenvalue weighted by Gasteiger charge is -2.01. The Balaban J connectivity index is 1.64. The van der Waals surface area contributed by atoms with Gasteiger partial charge in [0.25, 0.3) is 5.88 Å². The molecule has 0 fully saturated rings. The lowest BCUT2D eigenvalue weighted by Crippen LogP contribution is -1.99. The van der Waals surface area contributed by atoms with E-state index in [1.807, 2.05) is 79.9 Å². The number of rotatable bonds is 4. The van der Waals surface area contributed by atoms with E-state index in [2.05, 4.69) is 21.0 Å². The molecule has 0 radical (unpaired) electrons. The van der Waals surface area contributed by atoms with Gasteiger partial charge in [-0.25, -0.2) is 14.6 Å². The van der Waals surface area contributed by atoms with Gasteiger partial charge in [-0.3, -0.25) is 0 Å². The Hall–Kier alpha value is -3.03. The molecule has 5 rings (SSSR count).